The molecule has 1 atom stereocenters. The van der Waals surface area contributed by atoms with Gasteiger partial charge < -0.3 is 17.1 Å². The Morgan fingerprint density at radius 1 is 1.44 bits per heavy atom. The van der Waals surface area contributed by atoms with Crippen molar-refractivity contribution < 1.29 is 17.1 Å². The Hall–Kier alpha value is 0.680. The summed E-state index contributed by atoms with van der Waals surface area (Å²) in [5.41, 5.74) is 0. The van der Waals surface area contributed by atoms with E-state index < -0.39 is 7.26 Å². The van der Waals surface area contributed by atoms with Gasteiger partial charge in [0.25, 0.3) is 0 Å². The lowest BCUT2D eigenvalue weighted by Crippen LogP contribution is -3.00. The highest BCUT2D eigenvalue weighted by Crippen LogP contribution is 2.48. The first-order chi connectivity index (χ1) is 3.58. The van der Waals surface area contributed by atoms with Crippen molar-refractivity contribution in [2.45, 2.75) is 6.10 Å². The Morgan fingerprint density at radius 2 is 1.89 bits per heavy atom. The predicted octanol–water partition coefficient (Wildman–Crippen LogP) is -1.70. The van der Waals surface area contributed by atoms with Crippen LogP contribution >= 0.6 is 7.26 Å². The highest BCUT2D eigenvalue weighted by molar-refractivity contribution is 7.73. The molecule has 1 aliphatic heterocycles. The van der Waals surface area contributed by atoms with Gasteiger partial charge in [-0.05, 0) is 0 Å². The summed E-state index contributed by atoms with van der Waals surface area (Å²) in [7, 11) is -0.534. The predicted molar refractivity (Wildman–Crippen MR) is 39.3 cm³/mol. The summed E-state index contributed by atoms with van der Waals surface area (Å²) in [5.74, 6) is 0. The Labute approximate surface area is 63.9 Å². The molecule has 0 bridgehead atoms. The van der Waals surface area contributed by atoms with Crippen molar-refractivity contribution in [3.63, 3.8) is 0 Å². The molecule has 3 heteroatoms. The summed E-state index contributed by atoms with van der Waals surface area (Å²) in [6, 6.07) is 0. The highest BCUT2D eigenvalue weighted by atomic mass is 35.5. The van der Waals surface area contributed by atoms with E-state index in [1.807, 2.05) is 0 Å². The lowest BCUT2D eigenvalue weighted by Gasteiger charge is -2.07. The molecule has 0 N–H and O–H groups in total. The minimum absolute atomic E-state index is 0. The number of hydrogen-bond acceptors (Lipinski definition) is 1. The average Bonchev–Trinajstić information content (AvgIpc) is 2.12. The molecule has 0 spiro atoms. The van der Waals surface area contributed by atoms with Gasteiger partial charge in [-0.15, -0.1) is 0 Å². The molecule has 1 rings (SSSR count). The standard InChI is InChI=1S/C6H14OP.ClH/c1-8(2,3)5-6-4-7-6;/h6H,4-5H2,1-3H3;1H/q+1;/p-1. The molecule has 0 aliphatic carbocycles. The summed E-state index contributed by atoms with van der Waals surface area (Å²) in [4.78, 5) is 0. The Balaban J connectivity index is 0.000000640. The van der Waals surface area contributed by atoms with Gasteiger partial charge in [0.15, 0.2) is 0 Å². The van der Waals surface area contributed by atoms with Crippen LogP contribution in [-0.2, 0) is 4.74 Å². The molecule has 1 saturated heterocycles. The largest absolute Gasteiger partial charge is 1.00 e. The van der Waals surface area contributed by atoms with Crippen LogP contribution in [0.15, 0.2) is 0 Å². The number of halogens is 1. The van der Waals surface area contributed by atoms with Gasteiger partial charge in [0.2, 0.25) is 0 Å². The molecule has 0 radical (unpaired) electrons. The molecular weight excluding hydrogens is 154 g/mol. The first-order valence-corrected chi connectivity index (χ1v) is 6.31. The third kappa shape index (κ3) is 5.14. The Bertz CT molecular complexity index is 85.5. The van der Waals surface area contributed by atoms with Crippen molar-refractivity contribution in [1.82, 2.24) is 0 Å². The molecular formula is C6H14ClOP. The van der Waals surface area contributed by atoms with E-state index in [4.69, 9.17) is 4.74 Å². The second kappa shape index (κ2) is 3.18. The van der Waals surface area contributed by atoms with Crippen LogP contribution in [-0.4, -0.2) is 38.9 Å². The molecule has 0 amide bonds. The zero-order chi connectivity index (χ0) is 6.20. The summed E-state index contributed by atoms with van der Waals surface area (Å²) < 4.78 is 5.11. The van der Waals surface area contributed by atoms with Gasteiger partial charge in [0.1, 0.15) is 6.10 Å². The van der Waals surface area contributed by atoms with E-state index in [9.17, 15) is 0 Å². The fraction of sp³-hybridized carbons (Fsp3) is 1.00. The highest BCUT2D eigenvalue weighted by Gasteiger charge is 2.32. The fourth-order valence-corrected chi connectivity index (χ4v) is 2.22. The van der Waals surface area contributed by atoms with Gasteiger partial charge in [-0.1, -0.05) is 0 Å². The zero-order valence-electron chi connectivity index (χ0n) is 6.22. The maximum Gasteiger partial charge on any atom is 0.114 e. The van der Waals surface area contributed by atoms with Crippen LogP contribution in [0.3, 0.4) is 0 Å². The SMILES string of the molecule is C[P+](C)(C)CC1CO1.[Cl-]. The fourth-order valence-electron chi connectivity index (χ4n) is 0.784. The van der Waals surface area contributed by atoms with Crippen molar-refractivity contribution in [2.75, 3.05) is 32.8 Å². The summed E-state index contributed by atoms with van der Waals surface area (Å²) in [6.07, 6.45) is 1.97. The Morgan fingerprint density at radius 3 is 2.00 bits per heavy atom. The summed E-state index contributed by atoms with van der Waals surface area (Å²) in [6.45, 7) is 8.09. The first-order valence-electron chi connectivity index (χ1n) is 3.00. The van der Waals surface area contributed by atoms with E-state index in [0.717, 1.165) is 6.61 Å². The molecule has 0 aromatic heterocycles. The van der Waals surface area contributed by atoms with Gasteiger partial charge in [0.05, 0.1) is 12.8 Å². The van der Waals surface area contributed by atoms with Gasteiger partial charge in [-0.25, -0.2) is 0 Å². The second-order valence-electron chi connectivity index (χ2n) is 3.43. The molecule has 1 fully saturated rings. The summed E-state index contributed by atoms with van der Waals surface area (Å²) >= 11 is 0. The minimum atomic E-state index is -0.534. The van der Waals surface area contributed by atoms with Crippen molar-refractivity contribution in [3.8, 4) is 0 Å². The molecule has 9 heavy (non-hydrogen) atoms. The number of epoxide rings is 1. The van der Waals surface area contributed by atoms with Gasteiger partial charge in [-0.3, -0.25) is 0 Å². The van der Waals surface area contributed by atoms with Crippen molar-refractivity contribution in [2.24, 2.45) is 0 Å². The molecule has 1 nitrogen and oxygen atoms in total. The number of hydrogen-bond donors (Lipinski definition) is 0. The molecule has 0 aromatic rings. The molecule has 1 aliphatic rings. The van der Waals surface area contributed by atoms with E-state index in [0.29, 0.717) is 6.10 Å². The van der Waals surface area contributed by atoms with E-state index in [2.05, 4.69) is 20.0 Å². The molecule has 56 valence electrons. The second-order valence-corrected chi connectivity index (χ2v) is 8.37. The van der Waals surface area contributed by atoms with Crippen molar-refractivity contribution in [1.29, 1.82) is 0 Å². The lowest BCUT2D eigenvalue weighted by atomic mass is 10.6. The van der Waals surface area contributed by atoms with E-state index in [-0.39, 0.29) is 12.4 Å². The van der Waals surface area contributed by atoms with Crippen LogP contribution in [0.2, 0.25) is 0 Å². The van der Waals surface area contributed by atoms with Gasteiger partial charge in [-0.2, -0.15) is 0 Å². The van der Waals surface area contributed by atoms with Crippen LogP contribution in [0.25, 0.3) is 0 Å². The van der Waals surface area contributed by atoms with Crippen LogP contribution in [0.5, 0.6) is 0 Å². The van der Waals surface area contributed by atoms with Crippen LogP contribution in [0, 0.1) is 0 Å². The Kier molecular flexibility index (Phi) is 3.42. The maximum absolute atomic E-state index is 5.11. The topological polar surface area (TPSA) is 12.5 Å². The van der Waals surface area contributed by atoms with Gasteiger partial charge >= 0.3 is 0 Å². The smallest absolute Gasteiger partial charge is 0.114 e. The molecule has 1 heterocycles. The third-order valence-corrected chi connectivity index (χ3v) is 2.66. The maximum atomic E-state index is 5.11. The monoisotopic (exact) mass is 168 g/mol. The molecule has 0 saturated carbocycles. The van der Waals surface area contributed by atoms with E-state index >= 15 is 0 Å². The zero-order valence-corrected chi connectivity index (χ0v) is 7.88. The third-order valence-electron chi connectivity index (χ3n) is 1.15. The summed E-state index contributed by atoms with van der Waals surface area (Å²) in [5, 5.41) is 0. The minimum Gasteiger partial charge on any atom is -1.00 e. The van der Waals surface area contributed by atoms with Crippen LogP contribution < -0.4 is 12.4 Å². The van der Waals surface area contributed by atoms with E-state index in [1.165, 1.54) is 6.16 Å². The van der Waals surface area contributed by atoms with E-state index in [1.54, 1.807) is 0 Å². The van der Waals surface area contributed by atoms with Crippen LogP contribution in [0.4, 0.5) is 0 Å². The number of rotatable bonds is 2. The first kappa shape index (κ1) is 9.68. The van der Waals surface area contributed by atoms with Gasteiger partial charge in [0, 0.05) is 27.3 Å². The number of ether oxygens (including phenoxy) is 1. The lowest BCUT2D eigenvalue weighted by molar-refractivity contribution is -0.00000248. The van der Waals surface area contributed by atoms with Crippen molar-refractivity contribution >= 4 is 7.26 Å². The quantitative estimate of drug-likeness (QED) is 0.354. The molecule has 0 aromatic carbocycles. The average molecular weight is 169 g/mol. The van der Waals surface area contributed by atoms with Crippen molar-refractivity contribution in [3.05, 3.63) is 0 Å². The van der Waals surface area contributed by atoms with Crippen LogP contribution in [0.1, 0.15) is 0 Å². The normalized spacial score (nSPS) is 25.0. The molecule has 1 unspecified atom stereocenters.